The number of hydrogen-bond donors (Lipinski definition) is 0. The van der Waals surface area contributed by atoms with Gasteiger partial charge in [0.05, 0.1) is 12.1 Å². The second kappa shape index (κ2) is 4.04. The Hall–Kier alpha value is -1.71. The van der Waals surface area contributed by atoms with Gasteiger partial charge < -0.3 is 4.74 Å². The highest BCUT2D eigenvalue weighted by Crippen LogP contribution is 2.24. The first-order valence-electron chi connectivity index (χ1n) is 5.30. The molecule has 0 atom stereocenters. The van der Waals surface area contributed by atoms with E-state index in [1.165, 1.54) is 0 Å². The van der Waals surface area contributed by atoms with Gasteiger partial charge in [-0.15, -0.1) is 0 Å². The zero-order valence-corrected chi connectivity index (χ0v) is 9.37. The molecule has 84 valence electrons. The normalized spacial score (nSPS) is 14.2. The van der Waals surface area contributed by atoms with Crippen LogP contribution in [-0.4, -0.2) is 23.2 Å². The van der Waals surface area contributed by atoms with Crippen LogP contribution in [0.1, 0.15) is 35.1 Å². The molecule has 2 heterocycles. The summed E-state index contributed by atoms with van der Waals surface area (Å²) in [5.41, 5.74) is 1.85. The zero-order chi connectivity index (χ0) is 11.7. The Kier molecular flexibility index (Phi) is 2.73. The van der Waals surface area contributed by atoms with Crippen molar-refractivity contribution >= 4 is 11.6 Å². The van der Waals surface area contributed by atoms with Gasteiger partial charge in [0, 0.05) is 6.42 Å². The van der Waals surface area contributed by atoms with Crippen molar-refractivity contribution < 1.29 is 14.3 Å². The third-order valence-corrected chi connectivity index (χ3v) is 2.59. The standard InChI is InChI=1S/C12H13NO3/c1-3-10(15)12-7(2)4-11-9(13-12)5-8(14)6-16-11/h4H,3,5-6H2,1-2H3. The summed E-state index contributed by atoms with van der Waals surface area (Å²) in [5, 5.41) is 0. The van der Waals surface area contributed by atoms with E-state index < -0.39 is 0 Å². The lowest BCUT2D eigenvalue weighted by Crippen LogP contribution is -2.22. The Bertz CT molecular complexity index is 466. The molecule has 0 N–H and O–H groups in total. The summed E-state index contributed by atoms with van der Waals surface area (Å²) in [7, 11) is 0. The van der Waals surface area contributed by atoms with Crippen LogP contribution in [0, 0.1) is 6.92 Å². The largest absolute Gasteiger partial charge is 0.484 e. The van der Waals surface area contributed by atoms with E-state index in [0.717, 1.165) is 5.56 Å². The monoisotopic (exact) mass is 219 g/mol. The number of aryl methyl sites for hydroxylation is 1. The SMILES string of the molecule is CCC(=O)c1nc2c(cc1C)OCC(=O)C2. The van der Waals surface area contributed by atoms with Crippen molar-refractivity contribution in [2.45, 2.75) is 26.7 Å². The van der Waals surface area contributed by atoms with E-state index in [2.05, 4.69) is 4.98 Å². The third-order valence-electron chi connectivity index (χ3n) is 2.59. The second-order valence-electron chi connectivity index (χ2n) is 3.88. The molecule has 1 aromatic heterocycles. The summed E-state index contributed by atoms with van der Waals surface area (Å²) < 4.78 is 5.26. The maximum Gasteiger partial charge on any atom is 0.181 e. The molecule has 0 amide bonds. The maximum atomic E-state index is 11.6. The molecular weight excluding hydrogens is 206 g/mol. The number of nitrogens with zero attached hydrogens (tertiary/aromatic N) is 1. The van der Waals surface area contributed by atoms with Crippen LogP contribution >= 0.6 is 0 Å². The number of rotatable bonds is 2. The summed E-state index contributed by atoms with van der Waals surface area (Å²) in [6.07, 6.45) is 0.682. The highest BCUT2D eigenvalue weighted by atomic mass is 16.5. The molecule has 1 aliphatic heterocycles. The predicted molar refractivity (Wildman–Crippen MR) is 57.8 cm³/mol. The summed E-state index contributed by atoms with van der Waals surface area (Å²) in [6.45, 7) is 3.73. The van der Waals surface area contributed by atoms with Crippen LogP contribution in [0.5, 0.6) is 5.75 Å². The van der Waals surface area contributed by atoms with Gasteiger partial charge in [0.15, 0.2) is 11.6 Å². The first-order chi connectivity index (χ1) is 7.61. The molecule has 0 bridgehead atoms. The minimum Gasteiger partial charge on any atom is -0.484 e. The van der Waals surface area contributed by atoms with Crippen LogP contribution in [0.25, 0.3) is 0 Å². The molecule has 4 nitrogen and oxygen atoms in total. The first-order valence-corrected chi connectivity index (χ1v) is 5.30. The Morgan fingerprint density at radius 1 is 1.56 bits per heavy atom. The minimum atomic E-state index is -0.00155. The zero-order valence-electron chi connectivity index (χ0n) is 9.37. The van der Waals surface area contributed by atoms with Crippen LogP contribution in [0.4, 0.5) is 0 Å². The van der Waals surface area contributed by atoms with E-state index in [0.29, 0.717) is 23.6 Å². The lowest BCUT2D eigenvalue weighted by Gasteiger charge is -2.17. The van der Waals surface area contributed by atoms with Crippen LogP contribution < -0.4 is 4.74 Å². The number of ketones is 2. The van der Waals surface area contributed by atoms with E-state index in [4.69, 9.17) is 4.74 Å². The number of pyridine rings is 1. The van der Waals surface area contributed by atoms with Crippen molar-refractivity contribution in [2.24, 2.45) is 0 Å². The molecule has 0 aromatic carbocycles. The fourth-order valence-corrected chi connectivity index (χ4v) is 1.72. The van der Waals surface area contributed by atoms with Crippen molar-refractivity contribution in [1.29, 1.82) is 0 Å². The fraction of sp³-hybridized carbons (Fsp3) is 0.417. The number of fused-ring (bicyclic) bond motifs is 1. The Labute approximate surface area is 93.6 Å². The molecule has 4 heteroatoms. The number of hydrogen-bond acceptors (Lipinski definition) is 4. The Balaban J connectivity index is 2.46. The van der Waals surface area contributed by atoms with Crippen molar-refractivity contribution in [3.8, 4) is 5.75 Å². The van der Waals surface area contributed by atoms with E-state index in [9.17, 15) is 9.59 Å². The molecule has 0 unspecified atom stereocenters. The van der Waals surface area contributed by atoms with Crippen molar-refractivity contribution in [1.82, 2.24) is 4.98 Å². The van der Waals surface area contributed by atoms with Crippen LogP contribution in [-0.2, 0) is 11.2 Å². The van der Waals surface area contributed by atoms with Gasteiger partial charge in [0.25, 0.3) is 0 Å². The number of carbonyl (C=O) groups is 2. The first kappa shape index (κ1) is 10.8. The summed E-state index contributed by atoms with van der Waals surface area (Å²) in [6, 6.07) is 1.79. The lowest BCUT2D eigenvalue weighted by molar-refractivity contribution is -0.121. The lowest BCUT2D eigenvalue weighted by atomic mass is 10.1. The third kappa shape index (κ3) is 1.83. The van der Waals surface area contributed by atoms with Gasteiger partial charge in [-0.05, 0) is 18.6 Å². The van der Waals surface area contributed by atoms with Gasteiger partial charge in [-0.2, -0.15) is 0 Å². The second-order valence-corrected chi connectivity index (χ2v) is 3.88. The minimum absolute atomic E-state index is 0.00116. The van der Waals surface area contributed by atoms with Gasteiger partial charge in [-0.1, -0.05) is 6.92 Å². The molecule has 1 aromatic rings. The Morgan fingerprint density at radius 3 is 3.00 bits per heavy atom. The summed E-state index contributed by atoms with van der Waals surface area (Å²) >= 11 is 0. The van der Waals surface area contributed by atoms with Gasteiger partial charge in [0.1, 0.15) is 18.1 Å². The molecule has 0 spiro atoms. The molecule has 2 rings (SSSR count). The number of aromatic nitrogens is 1. The van der Waals surface area contributed by atoms with Gasteiger partial charge >= 0.3 is 0 Å². The molecule has 0 saturated heterocycles. The van der Waals surface area contributed by atoms with Crippen LogP contribution in [0.3, 0.4) is 0 Å². The highest BCUT2D eigenvalue weighted by Gasteiger charge is 2.21. The van der Waals surface area contributed by atoms with Crippen molar-refractivity contribution in [3.63, 3.8) is 0 Å². The average molecular weight is 219 g/mol. The van der Waals surface area contributed by atoms with E-state index >= 15 is 0 Å². The Morgan fingerprint density at radius 2 is 2.31 bits per heavy atom. The topological polar surface area (TPSA) is 56.3 Å². The van der Waals surface area contributed by atoms with E-state index in [-0.39, 0.29) is 24.6 Å². The highest BCUT2D eigenvalue weighted by molar-refractivity contribution is 5.95. The molecule has 0 radical (unpaired) electrons. The quantitative estimate of drug-likeness (QED) is 0.707. The van der Waals surface area contributed by atoms with Crippen LogP contribution in [0.2, 0.25) is 0 Å². The summed E-state index contributed by atoms with van der Waals surface area (Å²) in [4.78, 5) is 27.1. The molecular formula is C12H13NO3. The van der Waals surface area contributed by atoms with Gasteiger partial charge in [-0.25, -0.2) is 4.98 Å². The van der Waals surface area contributed by atoms with Crippen molar-refractivity contribution in [2.75, 3.05) is 6.61 Å². The van der Waals surface area contributed by atoms with E-state index in [1.807, 2.05) is 6.92 Å². The smallest absolute Gasteiger partial charge is 0.181 e. The van der Waals surface area contributed by atoms with Crippen LogP contribution in [0.15, 0.2) is 6.07 Å². The molecule has 0 aliphatic carbocycles. The number of ether oxygens (including phenoxy) is 1. The molecule has 16 heavy (non-hydrogen) atoms. The number of carbonyl (C=O) groups excluding carboxylic acids is 2. The maximum absolute atomic E-state index is 11.6. The predicted octanol–water partition coefficient (Wildman–Crippen LogP) is 1.49. The van der Waals surface area contributed by atoms with Gasteiger partial charge in [0.2, 0.25) is 0 Å². The number of Topliss-reactive ketones (excluding diaryl/α,β-unsaturated/α-hetero) is 2. The fourth-order valence-electron chi connectivity index (χ4n) is 1.72. The molecule has 1 aliphatic rings. The molecule has 0 fully saturated rings. The average Bonchev–Trinajstić information content (AvgIpc) is 2.28. The molecule has 0 saturated carbocycles. The van der Waals surface area contributed by atoms with E-state index in [1.54, 1.807) is 13.0 Å². The van der Waals surface area contributed by atoms with Gasteiger partial charge in [-0.3, -0.25) is 9.59 Å². The summed E-state index contributed by atoms with van der Waals surface area (Å²) in [5.74, 6) is 0.627. The van der Waals surface area contributed by atoms with Crippen molar-refractivity contribution in [3.05, 3.63) is 23.0 Å².